The third-order valence-corrected chi connectivity index (χ3v) is 5.01. The Bertz CT molecular complexity index is 898. The molecule has 1 aromatic rings. The number of amides is 1. The zero-order valence-electron chi connectivity index (χ0n) is 15.9. The van der Waals surface area contributed by atoms with Crippen LogP contribution in [0.2, 0.25) is 0 Å². The van der Waals surface area contributed by atoms with Gasteiger partial charge in [-0.1, -0.05) is 12.5 Å². The van der Waals surface area contributed by atoms with Crippen molar-refractivity contribution in [3.05, 3.63) is 41.6 Å². The summed E-state index contributed by atoms with van der Waals surface area (Å²) in [6, 6.07) is 5.07. The number of carbonyl (C=O) groups excluding carboxylic acids is 1. The van der Waals surface area contributed by atoms with Gasteiger partial charge in [0.05, 0.1) is 22.8 Å². The largest absolute Gasteiger partial charge is 0.433 e. The fourth-order valence-electron chi connectivity index (χ4n) is 3.17. The summed E-state index contributed by atoms with van der Waals surface area (Å²) in [6.07, 6.45) is 1.07. The molecule has 4 N–H and O–H groups in total. The molecule has 154 valence electrons. The second-order valence-corrected chi connectivity index (χ2v) is 6.92. The molecule has 1 saturated carbocycles. The molecule has 2 aliphatic rings. The minimum Gasteiger partial charge on any atom is -0.386 e. The highest BCUT2D eigenvalue weighted by molar-refractivity contribution is 6.19. The lowest BCUT2D eigenvalue weighted by Gasteiger charge is -2.27. The molecule has 0 radical (unpaired) electrons. The summed E-state index contributed by atoms with van der Waals surface area (Å²) in [5.41, 5.74) is 0.760. The predicted octanol–water partition coefficient (Wildman–Crippen LogP) is 3.95. The van der Waals surface area contributed by atoms with Crippen LogP contribution in [0.25, 0.3) is 5.70 Å². The van der Waals surface area contributed by atoms with Crippen LogP contribution in [0.3, 0.4) is 0 Å². The van der Waals surface area contributed by atoms with Gasteiger partial charge in [0, 0.05) is 19.2 Å². The van der Waals surface area contributed by atoms with Crippen LogP contribution in [-0.4, -0.2) is 37.6 Å². The molecule has 0 unspecified atom stereocenters. The minimum absolute atomic E-state index is 0.0755. The molecule has 9 heteroatoms. The number of carbonyl (C=O) groups is 1. The summed E-state index contributed by atoms with van der Waals surface area (Å²) >= 11 is 0. The van der Waals surface area contributed by atoms with Crippen molar-refractivity contribution in [3.63, 3.8) is 0 Å². The van der Waals surface area contributed by atoms with Crippen molar-refractivity contribution in [2.24, 2.45) is 10.9 Å². The van der Waals surface area contributed by atoms with E-state index in [1.165, 1.54) is 0 Å². The van der Waals surface area contributed by atoms with E-state index in [0.29, 0.717) is 41.5 Å². The van der Waals surface area contributed by atoms with Crippen LogP contribution >= 0.6 is 0 Å². The average Bonchev–Trinajstić information content (AvgIpc) is 2.64. The van der Waals surface area contributed by atoms with Gasteiger partial charge in [0.25, 0.3) is 0 Å². The van der Waals surface area contributed by atoms with Crippen molar-refractivity contribution < 1.29 is 18.0 Å². The fourth-order valence-corrected chi connectivity index (χ4v) is 3.17. The maximum atomic E-state index is 13.2. The van der Waals surface area contributed by atoms with Gasteiger partial charge in [-0.3, -0.25) is 10.2 Å². The van der Waals surface area contributed by atoms with Gasteiger partial charge >= 0.3 is 6.18 Å². The van der Waals surface area contributed by atoms with Crippen molar-refractivity contribution in [3.8, 4) is 0 Å². The first-order valence-corrected chi connectivity index (χ1v) is 9.27. The second kappa shape index (κ2) is 8.50. The molecule has 6 nitrogen and oxygen atoms in total. The van der Waals surface area contributed by atoms with E-state index in [0.717, 1.165) is 31.4 Å². The Morgan fingerprint density at radius 3 is 2.62 bits per heavy atom. The molecule has 0 atom stereocenters. The summed E-state index contributed by atoms with van der Waals surface area (Å²) in [7, 11) is 1.70. The first kappa shape index (κ1) is 20.6. The monoisotopic (exact) mass is 405 g/mol. The van der Waals surface area contributed by atoms with E-state index in [1.807, 2.05) is 0 Å². The zero-order chi connectivity index (χ0) is 21.0. The first-order valence-electron chi connectivity index (χ1n) is 9.27. The Morgan fingerprint density at radius 2 is 2.03 bits per heavy atom. The molecular weight excluding hydrogens is 383 g/mol. The summed E-state index contributed by atoms with van der Waals surface area (Å²) in [4.78, 5) is 14.7. The van der Waals surface area contributed by atoms with Crippen LogP contribution in [-0.2, 0) is 4.79 Å². The molecule has 29 heavy (non-hydrogen) atoms. The molecule has 1 fully saturated rings. The number of alkyl halides is 3. The third kappa shape index (κ3) is 4.67. The van der Waals surface area contributed by atoms with Crippen molar-refractivity contribution in [2.45, 2.75) is 25.4 Å². The Kier molecular flexibility index (Phi) is 6.05. The van der Waals surface area contributed by atoms with E-state index in [9.17, 15) is 18.0 Å². The summed E-state index contributed by atoms with van der Waals surface area (Å²) in [5, 5.41) is 16.9. The molecular formula is C20H22F3N5O. The van der Waals surface area contributed by atoms with Gasteiger partial charge in [0.2, 0.25) is 6.41 Å². The fraction of sp³-hybridized carbons (Fsp3) is 0.350. The lowest BCUT2D eigenvalue weighted by Crippen LogP contribution is -2.29. The molecule has 1 aliphatic carbocycles. The van der Waals surface area contributed by atoms with Crippen LogP contribution in [0.1, 0.15) is 24.8 Å². The van der Waals surface area contributed by atoms with Crippen molar-refractivity contribution >= 4 is 34.9 Å². The van der Waals surface area contributed by atoms with Crippen LogP contribution in [0.4, 0.5) is 24.5 Å². The number of anilines is 2. The maximum Gasteiger partial charge on any atom is 0.433 e. The van der Waals surface area contributed by atoms with E-state index in [4.69, 9.17) is 5.41 Å². The van der Waals surface area contributed by atoms with Crippen LogP contribution < -0.4 is 16.0 Å². The number of rotatable bonds is 7. The lowest BCUT2D eigenvalue weighted by molar-refractivity contribution is -0.105. The Balaban J connectivity index is 2.09. The molecule has 0 spiro atoms. The molecule has 0 saturated heterocycles. The quantitative estimate of drug-likeness (QED) is 0.518. The van der Waals surface area contributed by atoms with Gasteiger partial charge in [0.15, 0.2) is 0 Å². The first-order chi connectivity index (χ1) is 13.8. The van der Waals surface area contributed by atoms with Gasteiger partial charge < -0.3 is 16.0 Å². The molecule has 1 aliphatic heterocycles. The molecule has 1 aromatic carbocycles. The average molecular weight is 405 g/mol. The third-order valence-electron chi connectivity index (χ3n) is 5.01. The number of benzene rings is 1. The molecule has 1 amide bonds. The zero-order valence-corrected chi connectivity index (χ0v) is 15.9. The SMILES string of the molecule is CNc1ccc(/C(NCC2CCC2)=C2\N=C(C(F)(F)F)C=CC2=N)cc1NC=O. The van der Waals surface area contributed by atoms with Crippen molar-refractivity contribution in [1.82, 2.24) is 5.32 Å². The van der Waals surface area contributed by atoms with Crippen LogP contribution in [0.15, 0.2) is 41.0 Å². The number of hydrogen-bond acceptors (Lipinski definition) is 5. The number of hydrogen-bond donors (Lipinski definition) is 4. The number of nitrogens with one attached hydrogen (secondary N) is 4. The standard InChI is InChI=1S/C20H22F3N5O/c1-25-15-7-5-13(9-16(15)27-11-29)18(26-10-12-3-2-4-12)19-14(24)6-8-17(28-19)20(21,22)23/h5-9,11-12,24-26H,2-4,10H2,1H3,(H,27,29)/b19-18+,24-14?. The Hall–Kier alpha value is -3.10. The van der Waals surface area contributed by atoms with Gasteiger partial charge in [0.1, 0.15) is 11.4 Å². The van der Waals surface area contributed by atoms with E-state index in [1.54, 1.807) is 25.2 Å². The highest BCUT2D eigenvalue weighted by Gasteiger charge is 2.36. The van der Waals surface area contributed by atoms with E-state index in [-0.39, 0.29) is 11.4 Å². The van der Waals surface area contributed by atoms with Gasteiger partial charge in [-0.25, -0.2) is 4.99 Å². The van der Waals surface area contributed by atoms with Gasteiger partial charge in [-0.15, -0.1) is 0 Å². The molecule has 3 rings (SSSR count). The van der Waals surface area contributed by atoms with E-state index >= 15 is 0 Å². The van der Waals surface area contributed by atoms with Gasteiger partial charge in [-0.05, 0) is 43.0 Å². The maximum absolute atomic E-state index is 13.2. The molecule has 1 heterocycles. The highest BCUT2D eigenvalue weighted by atomic mass is 19.4. The predicted molar refractivity (Wildman–Crippen MR) is 108 cm³/mol. The normalized spacial score (nSPS) is 18.6. The molecule has 0 aromatic heterocycles. The summed E-state index contributed by atoms with van der Waals surface area (Å²) in [6.45, 7) is 0.580. The van der Waals surface area contributed by atoms with E-state index < -0.39 is 11.9 Å². The number of aliphatic imine (C=N–C) groups is 1. The van der Waals surface area contributed by atoms with Crippen LogP contribution in [0.5, 0.6) is 0 Å². The lowest BCUT2D eigenvalue weighted by atomic mass is 9.85. The summed E-state index contributed by atoms with van der Waals surface area (Å²) < 4.78 is 39.6. The number of allylic oxidation sites excluding steroid dienone is 2. The van der Waals surface area contributed by atoms with Crippen molar-refractivity contribution in [2.75, 3.05) is 24.2 Å². The smallest absolute Gasteiger partial charge is 0.386 e. The number of dihydropyridines is 1. The van der Waals surface area contributed by atoms with E-state index in [2.05, 4.69) is 20.9 Å². The van der Waals surface area contributed by atoms with Crippen molar-refractivity contribution in [1.29, 1.82) is 5.41 Å². The Morgan fingerprint density at radius 1 is 1.28 bits per heavy atom. The van der Waals surface area contributed by atoms with Crippen LogP contribution in [0, 0.1) is 11.3 Å². The highest BCUT2D eigenvalue weighted by Crippen LogP contribution is 2.31. The second-order valence-electron chi connectivity index (χ2n) is 6.92. The minimum atomic E-state index is -4.61. The topological polar surface area (TPSA) is 89.4 Å². The molecule has 0 bridgehead atoms. The number of nitrogens with zero attached hydrogens (tertiary/aromatic N) is 1. The van der Waals surface area contributed by atoms with Gasteiger partial charge in [-0.2, -0.15) is 13.2 Å². The Labute approximate surface area is 166 Å². The number of halogens is 3. The summed E-state index contributed by atoms with van der Waals surface area (Å²) in [5.74, 6) is 0.439.